The Morgan fingerprint density at radius 3 is 2.61 bits per heavy atom. The lowest BCUT2D eigenvalue weighted by Crippen LogP contribution is -2.46. The third kappa shape index (κ3) is 3.07. The molecule has 0 saturated carbocycles. The van der Waals surface area contributed by atoms with Gasteiger partial charge in [-0.2, -0.15) is 0 Å². The van der Waals surface area contributed by atoms with E-state index in [1.165, 1.54) is 0 Å². The van der Waals surface area contributed by atoms with Crippen LogP contribution in [0.5, 0.6) is 0 Å². The van der Waals surface area contributed by atoms with Crippen molar-refractivity contribution in [2.45, 2.75) is 45.7 Å². The first kappa shape index (κ1) is 13.0. The highest BCUT2D eigenvalue weighted by molar-refractivity contribution is 5.90. The zero-order valence-electron chi connectivity index (χ0n) is 11.2. The van der Waals surface area contributed by atoms with E-state index in [-0.39, 0.29) is 17.8 Å². The van der Waals surface area contributed by atoms with Gasteiger partial charge in [0, 0.05) is 25.2 Å². The summed E-state index contributed by atoms with van der Waals surface area (Å²) < 4.78 is 0. The molecule has 1 amide bonds. The van der Waals surface area contributed by atoms with E-state index in [9.17, 15) is 4.79 Å². The van der Waals surface area contributed by atoms with Crippen molar-refractivity contribution in [1.29, 1.82) is 0 Å². The summed E-state index contributed by atoms with van der Waals surface area (Å²) in [5.41, 5.74) is 0. The molecule has 0 atom stereocenters. The number of nitrogens with zero attached hydrogens (tertiary/aromatic N) is 3. The van der Waals surface area contributed by atoms with Gasteiger partial charge in [0.25, 0.3) is 5.91 Å². The minimum atomic E-state index is -0.178. The van der Waals surface area contributed by atoms with Crippen LogP contribution in [0.1, 0.15) is 43.1 Å². The van der Waals surface area contributed by atoms with Gasteiger partial charge in [-0.25, -0.2) is 4.98 Å². The van der Waals surface area contributed by atoms with Crippen LogP contribution in [0, 0.1) is 6.92 Å². The number of carbonyl (C=O) groups excluding carboxylic acids is 1. The molecule has 1 aromatic heterocycles. The second-order valence-electron chi connectivity index (χ2n) is 5.12. The van der Waals surface area contributed by atoms with Gasteiger partial charge in [-0.1, -0.05) is 0 Å². The minimum Gasteiger partial charge on any atom is -0.346 e. The fraction of sp³-hybridized carbons (Fsp3) is 0.750. The average Bonchev–Trinajstić information content (AvgIpc) is 2.76. The van der Waals surface area contributed by atoms with Crippen LogP contribution in [0.2, 0.25) is 0 Å². The van der Waals surface area contributed by atoms with Crippen molar-refractivity contribution in [1.82, 2.24) is 25.4 Å². The molecule has 1 aromatic rings. The molecule has 6 nitrogen and oxygen atoms in total. The first-order valence-electron chi connectivity index (χ1n) is 6.50. The van der Waals surface area contributed by atoms with E-state index in [1.54, 1.807) is 6.92 Å². The summed E-state index contributed by atoms with van der Waals surface area (Å²) in [6.45, 7) is 8.26. The van der Waals surface area contributed by atoms with E-state index in [0.717, 1.165) is 25.9 Å². The van der Waals surface area contributed by atoms with Crippen LogP contribution in [0.4, 0.5) is 0 Å². The molecular weight excluding hydrogens is 230 g/mol. The van der Waals surface area contributed by atoms with Crippen LogP contribution < -0.4 is 5.32 Å². The normalized spacial score (nSPS) is 18.2. The Balaban J connectivity index is 1.83. The predicted molar refractivity (Wildman–Crippen MR) is 68.3 cm³/mol. The molecule has 0 aromatic carbocycles. The molecule has 2 rings (SSSR count). The first-order chi connectivity index (χ1) is 8.56. The van der Waals surface area contributed by atoms with Gasteiger partial charge in [-0.15, -0.1) is 5.10 Å². The number of hydrogen-bond donors (Lipinski definition) is 2. The number of aryl methyl sites for hydroxylation is 1. The zero-order chi connectivity index (χ0) is 13.1. The van der Waals surface area contributed by atoms with E-state index < -0.39 is 0 Å². The highest BCUT2D eigenvalue weighted by Gasteiger charge is 2.23. The molecule has 1 saturated heterocycles. The number of aromatic amines is 1. The molecular formula is C12H21N5O. The smallest absolute Gasteiger partial charge is 0.291 e. The SMILES string of the molecule is Cc1nc(C(=O)NC2CCN(C(C)C)CC2)n[nH]1. The van der Waals surface area contributed by atoms with Gasteiger partial charge >= 0.3 is 0 Å². The molecule has 6 heteroatoms. The van der Waals surface area contributed by atoms with Gasteiger partial charge in [0.1, 0.15) is 5.82 Å². The van der Waals surface area contributed by atoms with Crippen molar-refractivity contribution in [3.63, 3.8) is 0 Å². The molecule has 100 valence electrons. The molecule has 1 aliphatic rings. The van der Waals surface area contributed by atoms with Gasteiger partial charge in [0.05, 0.1) is 0 Å². The van der Waals surface area contributed by atoms with E-state index >= 15 is 0 Å². The van der Waals surface area contributed by atoms with Crippen molar-refractivity contribution >= 4 is 5.91 Å². The summed E-state index contributed by atoms with van der Waals surface area (Å²) in [4.78, 5) is 18.3. The molecule has 1 aliphatic heterocycles. The lowest BCUT2D eigenvalue weighted by molar-refractivity contribution is 0.0890. The molecule has 0 spiro atoms. The van der Waals surface area contributed by atoms with Crippen molar-refractivity contribution in [2.75, 3.05) is 13.1 Å². The number of hydrogen-bond acceptors (Lipinski definition) is 4. The van der Waals surface area contributed by atoms with Crippen LogP contribution in [0.15, 0.2) is 0 Å². The fourth-order valence-corrected chi connectivity index (χ4v) is 2.25. The minimum absolute atomic E-state index is 0.178. The lowest BCUT2D eigenvalue weighted by atomic mass is 10.0. The van der Waals surface area contributed by atoms with Crippen molar-refractivity contribution in [2.24, 2.45) is 0 Å². The maximum Gasteiger partial charge on any atom is 0.291 e. The molecule has 2 N–H and O–H groups in total. The third-order valence-electron chi connectivity index (χ3n) is 3.40. The molecule has 0 radical (unpaired) electrons. The summed E-state index contributed by atoms with van der Waals surface area (Å²) in [6, 6.07) is 0.823. The molecule has 2 heterocycles. The van der Waals surface area contributed by atoms with Gasteiger partial charge in [-0.05, 0) is 33.6 Å². The molecule has 0 unspecified atom stereocenters. The topological polar surface area (TPSA) is 73.9 Å². The summed E-state index contributed by atoms with van der Waals surface area (Å²) in [5.74, 6) is 0.718. The van der Waals surface area contributed by atoms with E-state index in [0.29, 0.717) is 11.9 Å². The highest BCUT2D eigenvalue weighted by Crippen LogP contribution is 2.13. The second kappa shape index (κ2) is 5.48. The van der Waals surface area contributed by atoms with Crippen LogP contribution in [0.25, 0.3) is 0 Å². The first-order valence-corrected chi connectivity index (χ1v) is 6.50. The lowest BCUT2D eigenvalue weighted by Gasteiger charge is -2.34. The van der Waals surface area contributed by atoms with Crippen molar-refractivity contribution in [3.8, 4) is 0 Å². The summed E-state index contributed by atoms with van der Waals surface area (Å²) in [7, 11) is 0. The highest BCUT2D eigenvalue weighted by atomic mass is 16.2. The van der Waals surface area contributed by atoms with Crippen LogP contribution in [-0.2, 0) is 0 Å². The Labute approximate surface area is 107 Å². The summed E-state index contributed by atoms with van der Waals surface area (Å²) in [6.07, 6.45) is 1.99. The number of likely N-dealkylation sites (tertiary alicyclic amines) is 1. The number of carbonyl (C=O) groups is 1. The Morgan fingerprint density at radius 1 is 1.44 bits per heavy atom. The molecule has 0 aliphatic carbocycles. The maximum atomic E-state index is 11.9. The number of nitrogens with one attached hydrogen (secondary N) is 2. The standard InChI is InChI=1S/C12H21N5O/c1-8(2)17-6-4-10(5-7-17)14-12(18)11-13-9(3)15-16-11/h8,10H,4-7H2,1-3H3,(H,14,18)(H,13,15,16). The number of amides is 1. The van der Waals surface area contributed by atoms with Crippen LogP contribution in [0.3, 0.4) is 0 Å². The van der Waals surface area contributed by atoms with Crippen molar-refractivity contribution in [3.05, 3.63) is 11.6 Å². The number of aromatic nitrogens is 3. The van der Waals surface area contributed by atoms with E-state index in [4.69, 9.17) is 0 Å². The Kier molecular flexibility index (Phi) is 3.96. The van der Waals surface area contributed by atoms with Gasteiger partial charge in [0.2, 0.25) is 5.82 Å². The second-order valence-corrected chi connectivity index (χ2v) is 5.12. The quantitative estimate of drug-likeness (QED) is 0.830. The largest absolute Gasteiger partial charge is 0.346 e. The van der Waals surface area contributed by atoms with Crippen molar-refractivity contribution < 1.29 is 4.79 Å². The van der Waals surface area contributed by atoms with Gasteiger partial charge in [-0.3, -0.25) is 9.89 Å². The number of rotatable bonds is 3. The molecule has 1 fully saturated rings. The average molecular weight is 251 g/mol. The third-order valence-corrected chi connectivity index (χ3v) is 3.40. The van der Waals surface area contributed by atoms with E-state index in [2.05, 4.69) is 39.2 Å². The van der Waals surface area contributed by atoms with Crippen LogP contribution in [-0.4, -0.2) is 51.2 Å². The number of piperidine rings is 1. The maximum absolute atomic E-state index is 11.9. The van der Waals surface area contributed by atoms with E-state index in [1.807, 2.05) is 0 Å². The fourth-order valence-electron chi connectivity index (χ4n) is 2.25. The molecule has 18 heavy (non-hydrogen) atoms. The van der Waals surface area contributed by atoms with Crippen LogP contribution >= 0.6 is 0 Å². The summed E-state index contributed by atoms with van der Waals surface area (Å²) >= 11 is 0. The van der Waals surface area contributed by atoms with Gasteiger partial charge < -0.3 is 10.2 Å². The Morgan fingerprint density at radius 2 is 2.11 bits per heavy atom. The summed E-state index contributed by atoms with van der Waals surface area (Å²) in [5, 5.41) is 9.54. The number of H-pyrrole nitrogens is 1. The molecule has 0 bridgehead atoms. The Hall–Kier alpha value is -1.43. The van der Waals surface area contributed by atoms with Gasteiger partial charge in [0.15, 0.2) is 0 Å². The Bertz CT molecular complexity index is 406. The zero-order valence-corrected chi connectivity index (χ0v) is 11.2. The predicted octanol–water partition coefficient (Wildman–Crippen LogP) is 0.716. The monoisotopic (exact) mass is 251 g/mol.